The second-order valence-corrected chi connectivity index (χ2v) is 5.04. The van der Waals surface area contributed by atoms with Crippen molar-refractivity contribution in [2.45, 2.75) is 38.1 Å². The van der Waals surface area contributed by atoms with Gasteiger partial charge in [-0.05, 0) is 49.3 Å². The van der Waals surface area contributed by atoms with Gasteiger partial charge < -0.3 is 10.6 Å². The minimum absolute atomic E-state index is 0.271. The van der Waals surface area contributed by atoms with Crippen LogP contribution in [0.3, 0.4) is 0 Å². The summed E-state index contributed by atoms with van der Waals surface area (Å²) in [6.45, 7) is 2.42. The maximum absolute atomic E-state index is 6.23. The predicted molar refractivity (Wildman–Crippen MR) is 67.8 cm³/mol. The second kappa shape index (κ2) is 4.10. The first kappa shape index (κ1) is 10.2. The van der Waals surface area contributed by atoms with Gasteiger partial charge >= 0.3 is 0 Å². The molecule has 1 unspecified atom stereocenters. The van der Waals surface area contributed by atoms with Crippen LogP contribution >= 0.6 is 0 Å². The minimum atomic E-state index is 0.271. The monoisotopic (exact) mass is 216 g/mol. The Bertz CT molecular complexity index is 380. The smallest absolute Gasteiger partial charge is 0.0417 e. The summed E-state index contributed by atoms with van der Waals surface area (Å²) >= 11 is 0. The molecule has 1 saturated heterocycles. The highest BCUT2D eigenvalue weighted by atomic mass is 15.1. The summed E-state index contributed by atoms with van der Waals surface area (Å²) in [5, 5.41) is 0. The van der Waals surface area contributed by atoms with E-state index < -0.39 is 0 Å². The summed E-state index contributed by atoms with van der Waals surface area (Å²) in [7, 11) is 0. The van der Waals surface area contributed by atoms with E-state index in [0.29, 0.717) is 0 Å². The van der Waals surface area contributed by atoms with Crippen molar-refractivity contribution in [3.05, 3.63) is 29.3 Å². The fourth-order valence-electron chi connectivity index (χ4n) is 3.11. The minimum Gasteiger partial charge on any atom is -0.371 e. The van der Waals surface area contributed by atoms with Crippen molar-refractivity contribution in [1.29, 1.82) is 0 Å². The molecule has 3 rings (SSSR count). The summed E-state index contributed by atoms with van der Waals surface area (Å²) in [6.07, 6.45) is 6.34. The van der Waals surface area contributed by atoms with Gasteiger partial charge in [0.05, 0.1) is 0 Å². The van der Waals surface area contributed by atoms with E-state index in [4.69, 9.17) is 5.73 Å². The largest absolute Gasteiger partial charge is 0.371 e. The number of piperidine rings is 1. The Hall–Kier alpha value is -1.02. The van der Waals surface area contributed by atoms with Gasteiger partial charge in [-0.2, -0.15) is 0 Å². The Morgan fingerprint density at radius 3 is 2.75 bits per heavy atom. The van der Waals surface area contributed by atoms with Crippen LogP contribution in [0.4, 0.5) is 5.69 Å². The predicted octanol–water partition coefficient (Wildman–Crippen LogP) is 2.62. The molecule has 0 bridgehead atoms. The van der Waals surface area contributed by atoms with Gasteiger partial charge in [0, 0.05) is 24.8 Å². The Balaban J connectivity index is 1.97. The van der Waals surface area contributed by atoms with Gasteiger partial charge in [-0.1, -0.05) is 12.1 Å². The van der Waals surface area contributed by atoms with E-state index in [1.165, 1.54) is 49.2 Å². The Labute approximate surface area is 97.4 Å². The molecular weight excluding hydrogens is 196 g/mol. The molecule has 1 fully saturated rings. The van der Waals surface area contributed by atoms with Crippen LogP contribution in [-0.4, -0.2) is 13.1 Å². The number of aryl methyl sites for hydroxylation is 1. The van der Waals surface area contributed by atoms with Crippen LogP contribution < -0.4 is 10.6 Å². The van der Waals surface area contributed by atoms with E-state index in [1.54, 1.807) is 0 Å². The molecule has 86 valence electrons. The molecule has 1 atom stereocenters. The van der Waals surface area contributed by atoms with Crippen molar-refractivity contribution in [1.82, 2.24) is 0 Å². The third kappa shape index (κ3) is 1.61. The number of anilines is 1. The lowest BCUT2D eigenvalue weighted by atomic mass is 10.0. The summed E-state index contributed by atoms with van der Waals surface area (Å²) in [5.41, 5.74) is 10.6. The van der Waals surface area contributed by atoms with Crippen LogP contribution in [0.1, 0.15) is 42.9 Å². The molecule has 0 aromatic heterocycles. The standard InChI is InChI=1S/C14H20N2/c15-12-8-7-11-5-4-6-13(14(11)12)16-9-2-1-3-10-16/h4-6,12H,1-3,7-10,15H2. The average molecular weight is 216 g/mol. The molecular formula is C14H20N2. The Morgan fingerprint density at radius 2 is 1.94 bits per heavy atom. The SMILES string of the molecule is NC1CCc2cccc(N3CCCCC3)c21. The molecule has 1 aromatic rings. The number of benzene rings is 1. The molecule has 0 spiro atoms. The summed E-state index contributed by atoms with van der Waals surface area (Å²) in [6, 6.07) is 6.97. The lowest BCUT2D eigenvalue weighted by molar-refractivity contribution is 0.574. The van der Waals surface area contributed by atoms with E-state index in [-0.39, 0.29) is 6.04 Å². The first-order valence-electron chi connectivity index (χ1n) is 6.48. The van der Waals surface area contributed by atoms with Crippen LogP contribution in [0.2, 0.25) is 0 Å². The molecule has 1 aliphatic carbocycles. The summed E-state index contributed by atoms with van der Waals surface area (Å²) in [5.74, 6) is 0. The van der Waals surface area contributed by atoms with Crippen molar-refractivity contribution < 1.29 is 0 Å². The van der Waals surface area contributed by atoms with Gasteiger partial charge in [0.15, 0.2) is 0 Å². The number of nitrogens with zero attached hydrogens (tertiary/aromatic N) is 1. The van der Waals surface area contributed by atoms with Gasteiger partial charge in [0.25, 0.3) is 0 Å². The van der Waals surface area contributed by atoms with Crippen LogP contribution in [-0.2, 0) is 6.42 Å². The highest BCUT2D eigenvalue weighted by molar-refractivity contribution is 5.60. The molecule has 1 heterocycles. The maximum atomic E-state index is 6.23. The molecule has 2 aliphatic rings. The first-order chi connectivity index (χ1) is 7.86. The molecule has 0 radical (unpaired) electrons. The lowest BCUT2D eigenvalue weighted by Crippen LogP contribution is -2.30. The third-order valence-corrected chi connectivity index (χ3v) is 3.97. The van der Waals surface area contributed by atoms with Crippen molar-refractivity contribution in [3.63, 3.8) is 0 Å². The average Bonchev–Trinajstić information content (AvgIpc) is 2.73. The number of hydrogen-bond acceptors (Lipinski definition) is 2. The van der Waals surface area contributed by atoms with Crippen LogP contribution in [0.5, 0.6) is 0 Å². The van der Waals surface area contributed by atoms with E-state index in [1.807, 2.05) is 0 Å². The third-order valence-electron chi connectivity index (χ3n) is 3.97. The van der Waals surface area contributed by atoms with Crippen LogP contribution in [0, 0.1) is 0 Å². The molecule has 0 saturated carbocycles. The number of rotatable bonds is 1. The molecule has 2 N–H and O–H groups in total. The highest BCUT2D eigenvalue weighted by Crippen LogP contribution is 2.37. The Kier molecular flexibility index (Phi) is 2.60. The first-order valence-corrected chi connectivity index (χ1v) is 6.48. The number of fused-ring (bicyclic) bond motifs is 1. The van der Waals surface area contributed by atoms with Gasteiger partial charge in [0.1, 0.15) is 0 Å². The normalized spacial score (nSPS) is 24.6. The highest BCUT2D eigenvalue weighted by Gasteiger charge is 2.24. The van der Waals surface area contributed by atoms with E-state index in [0.717, 1.165) is 12.8 Å². The topological polar surface area (TPSA) is 29.3 Å². The van der Waals surface area contributed by atoms with Crippen molar-refractivity contribution >= 4 is 5.69 Å². The molecule has 2 nitrogen and oxygen atoms in total. The summed E-state index contributed by atoms with van der Waals surface area (Å²) < 4.78 is 0. The van der Waals surface area contributed by atoms with E-state index in [2.05, 4.69) is 23.1 Å². The Morgan fingerprint density at radius 1 is 1.12 bits per heavy atom. The zero-order valence-electron chi connectivity index (χ0n) is 9.78. The second-order valence-electron chi connectivity index (χ2n) is 5.04. The van der Waals surface area contributed by atoms with Crippen molar-refractivity contribution in [2.75, 3.05) is 18.0 Å². The summed E-state index contributed by atoms with van der Waals surface area (Å²) in [4.78, 5) is 2.54. The van der Waals surface area contributed by atoms with Gasteiger partial charge in [-0.25, -0.2) is 0 Å². The fourth-order valence-corrected chi connectivity index (χ4v) is 3.11. The van der Waals surface area contributed by atoms with Crippen LogP contribution in [0.25, 0.3) is 0 Å². The quantitative estimate of drug-likeness (QED) is 0.782. The number of hydrogen-bond donors (Lipinski definition) is 1. The maximum Gasteiger partial charge on any atom is 0.0417 e. The van der Waals surface area contributed by atoms with Gasteiger partial charge in [0.2, 0.25) is 0 Å². The van der Waals surface area contributed by atoms with Crippen molar-refractivity contribution in [2.24, 2.45) is 5.73 Å². The molecule has 16 heavy (non-hydrogen) atoms. The fraction of sp³-hybridized carbons (Fsp3) is 0.571. The molecule has 1 aliphatic heterocycles. The molecule has 2 heteroatoms. The number of nitrogens with two attached hydrogens (primary N) is 1. The van der Waals surface area contributed by atoms with Crippen molar-refractivity contribution in [3.8, 4) is 0 Å². The zero-order valence-corrected chi connectivity index (χ0v) is 9.78. The zero-order chi connectivity index (χ0) is 11.0. The lowest BCUT2D eigenvalue weighted by Gasteiger charge is -2.31. The molecule has 0 amide bonds. The van der Waals surface area contributed by atoms with E-state index >= 15 is 0 Å². The van der Waals surface area contributed by atoms with Gasteiger partial charge in [-0.15, -0.1) is 0 Å². The van der Waals surface area contributed by atoms with Crippen LogP contribution in [0.15, 0.2) is 18.2 Å². The molecule has 1 aromatic carbocycles. The van der Waals surface area contributed by atoms with Gasteiger partial charge in [-0.3, -0.25) is 0 Å². The van der Waals surface area contributed by atoms with E-state index in [9.17, 15) is 0 Å².